The Balaban J connectivity index is 1.22. The van der Waals surface area contributed by atoms with E-state index in [-0.39, 0.29) is 40.3 Å². The highest BCUT2D eigenvalue weighted by Gasteiger charge is 2.61. The van der Waals surface area contributed by atoms with E-state index >= 15 is 0 Å². The second-order valence-corrected chi connectivity index (χ2v) is 19.5. The molecule has 0 saturated carbocycles. The molecule has 5 aliphatic heterocycles. The molecule has 5 nitrogen and oxygen atoms in total. The quantitative estimate of drug-likeness (QED) is 0.202. The molecule has 5 heterocycles. The lowest BCUT2D eigenvalue weighted by Crippen LogP contribution is -2.51. The maximum absolute atomic E-state index is 11.8. The predicted octanol–water partition coefficient (Wildman–Crippen LogP) is 10.9. The van der Waals surface area contributed by atoms with E-state index in [4.69, 9.17) is 4.74 Å². The lowest BCUT2D eigenvalue weighted by molar-refractivity contribution is -0.464. The number of hydrogen-bond donors (Lipinski definition) is 1. The fourth-order valence-electron chi connectivity index (χ4n) is 12.6. The number of ether oxygens (including phenoxy) is 1. The molecule has 0 saturated heterocycles. The SMILES string of the molecule is CCC1(C)C2=C3C=C4C(CCCCC(=O)O)=C5C6=[N+](CC(C)(C)C5CC4OC3CCN2c2ccccc21)c1c(ccc2c1C(C)(C)c1ccccc1-2)C6(C)C. The van der Waals surface area contributed by atoms with Gasteiger partial charge >= 0.3 is 5.97 Å². The summed E-state index contributed by atoms with van der Waals surface area (Å²) >= 11 is 0. The molecule has 10 rings (SSSR count). The number of anilines is 1. The van der Waals surface area contributed by atoms with Crippen molar-refractivity contribution in [2.24, 2.45) is 11.3 Å². The van der Waals surface area contributed by atoms with Gasteiger partial charge in [0.25, 0.3) is 0 Å². The van der Waals surface area contributed by atoms with E-state index in [1.165, 1.54) is 78.5 Å². The van der Waals surface area contributed by atoms with E-state index in [1.54, 1.807) is 0 Å². The molecular weight excluding hydrogens is 677 g/mol. The molecule has 0 spiro atoms. The van der Waals surface area contributed by atoms with Gasteiger partial charge in [0.15, 0.2) is 12.3 Å². The topological polar surface area (TPSA) is 52.8 Å². The zero-order valence-corrected chi connectivity index (χ0v) is 34.1. The number of benzene rings is 3. The molecule has 4 atom stereocenters. The molecule has 0 fully saturated rings. The number of nitrogens with zero attached hydrogens (tertiary/aromatic N) is 2. The van der Waals surface area contributed by atoms with E-state index in [9.17, 15) is 9.90 Å². The molecule has 3 aromatic carbocycles. The summed E-state index contributed by atoms with van der Waals surface area (Å²) in [6, 6.07) is 22.9. The first-order valence-electron chi connectivity index (χ1n) is 21.1. The second-order valence-electron chi connectivity index (χ2n) is 19.5. The van der Waals surface area contributed by atoms with E-state index in [2.05, 4.69) is 132 Å². The van der Waals surface area contributed by atoms with Gasteiger partial charge in [-0.1, -0.05) is 89.2 Å². The number of carbonyl (C=O) groups is 1. The molecule has 4 unspecified atom stereocenters. The largest absolute Gasteiger partial charge is 0.481 e. The lowest BCUT2D eigenvalue weighted by Gasteiger charge is -2.49. The first kappa shape index (κ1) is 35.2. The maximum atomic E-state index is 11.8. The fraction of sp³-hybridized carbons (Fsp3) is 0.480. The molecule has 3 aromatic rings. The van der Waals surface area contributed by atoms with Crippen molar-refractivity contribution in [2.45, 2.75) is 129 Å². The van der Waals surface area contributed by atoms with Crippen molar-refractivity contribution in [3.8, 4) is 11.1 Å². The third kappa shape index (κ3) is 4.62. The zero-order chi connectivity index (χ0) is 38.4. The number of unbranched alkanes of at least 4 members (excludes halogenated alkanes) is 1. The van der Waals surface area contributed by atoms with Crippen molar-refractivity contribution in [2.75, 3.05) is 18.0 Å². The zero-order valence-electron chi connectivity index (χ0n) is 34.1. The summed E-state index contributed by atoms with van der Waals surface area (Å²) in [4.78, 5) is 14.4. The van der Waals surface area contributed by atoms with Crippen molar-refractivity contribution < 1.29 is 19.2 Å². The molecule has 1 N–H and O–H groups in total. The van der Waals surface area contributed by atoms with Gasteiger partial charge in [-0.2, -0.15) is 4.58 Å². The second kappa shape index (κ2) is 11.7. The Bertz CT molecular complexity index is 2350. The van der Waals surface area contributed by atoms with Gasteiger partial charge in [0.05, 0.1) is 17.6 Å². The van der Waals surface area contributed by atoms with Crippen LogP contribution in [0.5, 0.6) is 0 Å². The van der Waals surface area contributed by atoms with Crippen LogP contribution < -0.4 is 4.90 Å². The smallest absolute Gasteiger partial charge is 0.303 e. The van der Waals surface area contributed by atoms with Gasteiger partial charge < -0.3 is 14.7 Å². The van der Waals surface area contributed by atoms with Gasteiger partial charge in [0.2, 0.25) is 5.69 Å². The number of carboxylic acid groups (broad SMARTS) is 1. The molecule has 0 radical (unpaired) electrons. The number of hydrogen-bond acceptors (Lipinski definition) is 3. The van der Waals surface area contributed by atoms with Crippen molar-refractivity contribution in [3.63, 3.8) is 0 Å². The van der Waals surface area contributed by atoms with Crippen molar-refractivity contribution >= 4 is 23.1 Å². The van der Waals surface area contributed by atoms with Gasteiger partial charge in [0.1, 0.15) is 0 Å². The van der Waals surface area contributed by atoms with Gasteiger partial charge in [-0.05, 0) is 105 Å². The van der Waals surface area contributed by atoms with Crippen molar-refractivity contribution in [1.82, 2.24) is 0 Å². The Morgan fingerprint density at radius 1 is 0.873 bits per heavy atom. The standard InChI is InChI=1S/C50H56N2O3/c1-9-50(8)35-19-13-14-20-38(35)51-25-24-39-33(45(50)51)26-32-30(17-11-15-21-41(53)54)42-37(27-40(32)55-39)47(2,3)28-52-44-36(49(6,7)46(42)52)23-22-31-29-16-10-12-18-34(29)48(4,5)43(31)44/h10,12-14,16,18-20,22-23,26,37,39-40H,9,11,15,17,21,24-25,27-28H2,1-8H3/p+1. The minimum atomic E-state index is -0.710. The summed E-state index contributed by atoms with van der Waals surface area (Å²) in [5, 5.41) is 9.67. The van der Waals surface area contributed by atoms with Crippen LogP contribution in [0.25, 0.3) is 11.1 Å². The highest BCUT2D eigenvalue weighted by atomic mass is 16.5. The van der Waals surface area contributed by atoms with E-state index in [0.717, 1.165) is 45.2 Å². The number of para-hydroxylation sites is 1. The summed E-state index contributed by atoms with van der Waals surface area (Å²) in [6.45, 7) is 21.5. The highest BCUT2D eigenvalue weighted by Crippen LogP contribution is 2.62. The summed E-state index contributed by atoms with van der Waals surface area (Å²) in [5.74, 6) is -0.369. The van der Waals surface area contributed by atoms with Crippen molar-refractivity contribution in [3.05, 3.63) is 117 Å². The molecule has 5 heteroatoms. The molecule has 55 heavy (non-hydrogen) atoms. The van der Waals surface area contributed by atoms with Crippen LogP contribution in [0.4, 0.5) is 11.4 Å². The van der Waals surface area contributed by atoms with E-state index in [0.29, 0.717) is 12.3 Å². The van der Waals surface area contributed by atoms with Crippen LogP contribution in [0.1, 0.15) is 123 Å². The van der Waals surface area contributed by atoms with Crippen molar-refractivity contribution in [1.29, 1.82) is 0 Å². The molecule has 0 amide bonds. The normalized spacial score (nSPS) is 28.3. The number of aliphatic carboxylic acids is 1. The monoisotopic (exact) mass is 733 g/mol. The van der Waals surface area contributed by atoms with Crippen LogP contribution in [-0.2, 0) is 25.8 Å². The van der Waals surface area contributed by atoms with Crippen LogP contribution in [0.2, 0.25) is 0 Å². The molecule has 284 valence electrons. The Morgan fingerprint density at radius 2 is 1.62 bits per heavy atom. The molecule has 0 aromatic heterocycles. The van der Waals surface area contributed by atoms with E-state index in [1.807, 2.05) is 0 Å². The highest BCUT2D eigenvalue weighted by molar-refractivity contribution is 6.10. The fourth-order valence-corrected chi connectivity index (χ4v) is 12.6. The third-order valence-corrected chi connectivity index (χ3v) is 15.3. The Kier molecular flexibility index (Phi) is 7.47. The van der Waals surface area contributed by atoms with Crippen LogP contribution in [0.3, 0.4) is 0 Å². The molecular formula is C50H57N2O3+. The third-order valence-electron chi connectivity index (χ3n) is 15.3. The average molecular weight is 734 g/mol. The Labute approximate surface area is 327 Å². The Morgan fingerprint density at radius 3 is 2.38 bits per heavy atom. The van der Waals surface area contributed by atoms with Gasteiger partial charge in [-0.25, -0.2) is 0 Å². The van der Waals surface area contributed by atoms with Crippen LogP contribution in [-0.4, -0.2) is 46.7 Å². The van der Waals surface area contributed by atoms with Crippen LogP contribution >= 0.6 is 0 Å². The average Bonchev–Trinajstić information content (AvgIpc) is 3.65. The van der Waals surface area contributed by atoms with E-state index < -0.39 is 5.97 Å². The first-order chi connectivity index (χ1) is 26.2. The summed E-state index contributed by atoms with van der Waals surface area (Å²) in [6.07, 6.45) is 8.31. The van der Waals surface area contributed by atoms with Gasteiger partial charge in [-0.3, -0.25) is 4.79 Å². The predicted molar refractivity (Wildman–Crippen MR) is 222 cm³/mol. The van der Waals surface area contributed by atoms with Gasteiger partial charge in [0, 0.05) is 68.8 Å². The van der Waals surface area contributed by atoms with Crippen LogP contribution in [0.15, 0.2) is 94.7 Å². The number of fused-ring (bicyclic) bond motifs is 13. The first-order valence-corrected chi connectivity index (χ1v) is 21.1. The number of carboxylic acids is 1. The Hall–Kier alpha value is -4.22. The number of rotatable bonds is 6. The molecule has 7 aliphatic rings. The van der Waals surface area contributed by atoms with Gasteiger partial charge in [-0.15, -0.1) is 0 Å². The minimum Gasteiger partial charge on any atom is -0.481 e. The summed E-state index contributed by atoms with van der Waals surface area (Å²) in [7, 11) is 0. The summed E-state index contributed by atoms with van der Waals surface area (Å²) < 4.78 is 10.2. The molecule has 0 bridgehead atoms. The summed E-state index contributed by atoms with van der Waals surface area (Å²) in [5.41, 5.74) is 19.4. The molecule has 2 aliphatic carbocycles. The number of allylic oxidation sites excluding steroid dienone is 2. The minimum absolute atomic E-state index is 0.00790. The lowest BCUT2D eigenvalue weighted by atomic mass is 9.59. The maximum Gasteiger partial charge on any atom is 0.303 e. The van der Waals surface area contributed by atoms with Crippen LogP contribution in [0, 0.1) is 11.3 Å².